The molecule has 3 rings (SSSR count). The zero-order valence-electron chi connectivity index (χ0n) is 16.3. The molecule has 0 saturated heterocycles. The number of aromatic nitrogens is 2. The lowest BCUT2D eigenvalue weighted by Gasteiger charge is -2.13. The van der Waals surface area contributed by atoms with Crippen LogP contribution >= 0.6 is 0 Å². The van der Waals surface area contributed by atoms with Crippen molar-refractivity contribution >= 4 is 17.4 Å². The van der Waals surface area contributed by atoms with Crippen molar-refractivity contribution < 1.29 is 14.3 Å². The molecule has 0 fully saturated rings. The third kappa shape index (κ3) is 5.22. The predicted octanol–water partition coefficient (Wildman–Crippen LogP) is 4.05. The number of hydrogen-bond donors (Lipinski definition) is 2. The molecule has 1 aliphatic rings. The van der Waals surface area contributed by atoms with Crippen molar-refractivity contribution in [3.8, 4) is 11.5 Å². The van der Waals surface area contributed by atoms with Gasteiger partial charge in [-0.3, -0.25) is 4.79 Å². The van der Waals surface area contributed by atoms with Crippen LogP contribution in [0.5, 0.6) is 11.5 Å². The minimum absolute atomic E-state index is 0.246. The fourth-order valence-electron chi connectivity index (χ4n) is 3.13. The quantitative estimate of drug-likeness (QED) is 0.670. The SMILES string of the molecule is COc1ccc(NC(=O)c2cnc(NCCC3=CCCCC3)cn2)cc1OC. The lowest BCUT2D eigenvalue weighted by Crippen LogP contribution is -2.15. The Morgan fingerprint density at radius 3 is 2.64 bits per heavy atom. The van der Waals surface area contributed by atoms with Crippen molar-refractivity contribution in [3.63, 3.8) is 0 Å². The average Bonchev–Trinajstić information content (AvgIpc) is 2.75. The van der Waals surface area contributed by atoms with E-state index in [1.165, 1.54) is 37.5 Å². The Bertz CT molecular complexity index is 834. The van der Waals surface area contributed by atoms with Gasteiger partial charge in [0.25, 0.3) is 5.91 Å². The first-order chi connectivity index (χ1) is 13.7. The summed E-state index contributed by atoms with van der Waals surface area (Å²) in [5, 5.41) is 6.04. The van der Waals surface area contributed by atoms with E-state index >= 15 is 0 Å². The molecule has 1 aliphatic carbocycles. The van der Waals surface area contributed by atoms with Crippen LogP contribution in [0.4, 0.5) is 11.5 Å². The molecule has 0 bridgehead atoms. The van der Waals surface area contributed by atoms with Gasteiger partial charge in [0.05, 0.1) is 26.6 Å². The van der Waals surface area contributed by atoms with Crippen LogP contribution in [-0.2, 0) is 0 Å². The Morgan fingerprint density at radius 1 is 1.11 bits per heavy atom. The standard InChI is InChI=1S/C21H26N4O3/c1-27-18-9-8-16(12-19(18)28-2)25-21(26)17-13-24-20(14-23-17)22-11-10-15-6-4-3-5-7-15/h6,8-9,12-14H,3-5,7,10-11H2,1-2H3,(H,22,24)(H,25,26). The second-order valence-electron chi connectivity index (χ2n) is 6.60. The molecule has 28 heavy (non-hydrogen) atoms. The van der Waals surface area contributed by atoms with E-state index in [4.69, 9.17) is 9.47 Å². The summed E-state index contributed by atoms with van der Waals surface area (Å²) in [7, 11) is 3.11. The van der Waals surface area contributed by atoms with Gasteiger partial charge in [-0.1, -0.05) is 11.6 Å². The number of allylic oxidation sites excluding steroid dienone is 1. The van der Waals surface area contributed by atoms with Crippen molar-refractivity contribution in [2.75, 3.05) is 31.4 Å². The topological polar surface area (TPSA) is 85.4 Å². The van der Waals surface area contributed by atoms with Crippen LogP contribution in [-0.4, -0.2) is 36.6 Å². The second kappa shape index (κ2) is 9.73. The molecule has 1 amide bonds. The van der Waals surface area contributed by atoms with Gasteiger partial charge in [-0.2, -0.15) is 0 Å². The lowest BCUT2D eigenvalue weighted by molar-refractivity contribution is 0.102. The fourth-order valence-corrected chi connectivity index (χ4v) is 3.13. The molecule has 1 aromatic carbocycles. The van der Waals surface area contributed by atoms with Gasteiger partial charge in [-0.15, -0.1) is 0 Å². The molecule has 1 heterocycles. The van der Waals surface area contributed by atoms with E-state index < -0.39 is 0 Å². The summed E-state index contributed by atoms with van der Waals surface area (Å²) < 4.78 is 10.4. The fraction of sp³-hybridized carbons (Fsp3) is 0.381. The summed E-state index contributed by atoms with van der Waals surface area (Å²) in [5.74, 6) is 1.47. The summed E-state index contributed by atoms with van der Waals surface area (Å²) in [6, 6.07) is 5.16. The molecule has 2 N–H and O–H groups in total. The highest BCUT2D eigenvalue weighted by Gasteiger charge is 2.11. The number of anilines is 2. The maximum atomic E-state index is 12.4. The van der Waals surface area contributed by atoms with Crippen molar-refractivity contribution in [1.82, 2.24) is 9.97 Å². The number of rotatable bonds is 8. The van der Waals surface area contributed by atoms with Crippen LogP contribution in [0.3, 0.4) is 0 Å². The number of amides is 1. The maximum Gasteiger partial charge on any atom is 0.275 e. The highest BCUT2D eigenvalue weighted by molar-refractivity contribution is 6.02. The van der Waals surface area contributed by atoms with Gasteiger partial charge in [0.2, 0.25) is 0 Å². The molecule has 0 saturated carbocycles. The van der Waals surface area contributed by atoms with Crippen molar-refractivity contribution in [2.24, 2.45) is 0 Å². The Balaban J connectivity index is 1.54. The first-order valence-corrected chi connectivity index (χ1v) is 9.47. The number of hydrogen-bond acceptors (Lipinski definition) is 6. The molecule has 7 heteroatoms. The second-order valence-corrected chi connectivity index (χ2v) is 6.60. The largest absolute Gasteiger partial charge is 0.493 e. The number of carbonyl (C=O) groups is 1. The molecule has 2 aromatic rings. The lowest BCUT2D eigenvalue weighted by atomic mass is 9.97. The third-order valence-corrected chi connectivity index (χ3v) is 4.66. The summed E-state index contributed by atoms with van der Waals surface area (Å²) in [5.41, 5.74) is 2.35. The predicted molar refractivity (Wildman–Crippen MR) is 109 cm³/mol. The van der Waals surface area contributed by atoms with Crippen LogP contribution in [0, 0.1) is 0 Å². The Hall–Kier alpha value is -3.09. The van der Waals surface area contributed by atoms with Crippen LogP contribution in [0.15, 0.2) is 42.2 Å². The van der Waals surface area contributed by atoms with Crippen LogP contribution in [0.25, 0.3) is 0 Å². The highest BCUT2D eigenvalue weighted by atomic mass is 16.5. The number of nitrogens with zero attached hydrogens (tertiary/aromatic N) is 2. The highest BCUT2D eigenvalue weighted by Crippen LogP contribution is 2.29. The number of benzene rings is 1. The van der Waals surface area contributed by atoms with Crippen molar-refractivity contribution in [2.45, 2.75) is 32.1 Å². The Morgan fingerprint density at radius 2 is 1.96 bits per heavy atom. The van der Waals surface area contributed by atoms with E-state index in [-0.39, 0.29) is 11.6 Å². The average molecular weight is 382 g/mol. The van der Waals surface area contributed by atoms with Crippen LogP contribution < -0.4 is 20.1 Å². The minimum Gasteiger partial charge on any atom is -0.493 e. The molecular formula is C21H26N4O3. The molecule has 0 aliphatic heterocycles. The summed E-state index contributed by atoms with van der Waals surface area (Å²) >= 11 is 0. The van der Waals surface area contributed by atoms with Gasteiger partial charge in [-0.25, -0.2) is 9.97 Å². The van der Waals surface area contributed by atoms with E-state index in [1.807, 2.05) is 0 Å². The third-order valence-electron chi connectivity index (χ3n) is 4.66. The zero-order valence-corrected chi connectivity index (χ0v) is 16.3. The normalized spacial score (nSPS) is 13.4. The van der Waals surface area contributed by atoms with Gasteiger partial charge in [0.1, 0.15) is 11.5 Å². The maximum absolute atomic E-state index is 12.4. The summed E-state index contributed by atoms with van der Waals surface area (Å²) in [6.45, 7) is 0.817. The van der Waals surface area contributed by atoms with Gasteiger partial charge in [-0.05, 0) is 44.2 Å². The molecule has 7 nitrogen and oxygen atoms in total. The van der Waals surface area contributed by atoms with Crippen molar-refractivity contribution in [1.29, 1.82) is 0 Å². The monoisotopic (exact) mass is 382 g/mol. The van der Waals surface area contributed by atoms with E-state index in [0.717, 1.165) is 13.0 Å². The van der Waals surface area contributed by atoms with Gasteiger partial charge < -0.3 is 20.1 Å². The van der Waals surface area contributed by atoms with Crippen LogP contribution in [0.1, 0.15) is 42.6 Å². The molecule has 148 valence electrons. The molecular weight excluding hydrogens is 356 g/mol. The minimum atomic E-state index is -0.335. The molecule has 0 radical (unpaired) electrons. The number of ether oxygens (including phenoxy) is 2. The van der Waals surface area contributed by atoms with E-state index in [2.05, 4.69) is 26.7 Å². The van der Waals surface area contributed by atoms with Crippen LogP contribution in [0.2, 0.25) is 0 Å². The molecule has 0 atom stereocenters. The van der Waals surface area contributed by atoms with Gasteiger partial charge >= 0.3 is 0 Å². The summed E-state index contributed by atoms with van der Waals surface area (Å²) in [4.78, 5) is 20.9. The zero-order chi connectivity index (χ0) is 19.8. The van der Waals surface area contributed by atoms with E-state index in [1.54, 1.807) is 38.6 Å². The van der Waals surface area contributed by atoms with Crippen molar-refractivity contribution in [3.05, 3.63) is 47.9 Å². The number of carbonyl (C=O) groups excluding carboxylic acids is 1. The smallest absolute Gasteiger partial charge is 0.275 e. The molecule has 0 spiro atoms. The Labute approximate surface area is 165 Å². The van der Waals surface area contributed by atoms with Gasteiger partial charge in [0, 0.05) is 18.3 Å². The summed E-state index contributed by atoms with van der Waals surface area (Å²) in [6.07, 6.45) is 11.4. The first-order valence-electron chi connectivity index (χ1n) is 9.47. The number of nitrogens with one attached hydrogen (secondary N) is 2. The Kier molecular flexibility index (Phi) is 6.84. The molecule has 0 unspecified atom stereocenters. The molecule has 1 aromatic heterocycles. The van der Waals surface area contributed by atoms with E-state index in [9.17, 15) is 4.79 Å². The first kappa shape index (κ1) is 19.7. The van der Waals surface area contributed by atoms with E-state index in [0.29, 0.717) is 23.0 Å². The number of methoxy groups -OCH3 is 2. The van der Waals surface area contributed by atoms with Gasteiger partial charge in [0.15, 0.2) is 11.5 Å².